The number of fused-ring (bicyclic) bond motifs is 2. The van der Waals surface area contributed by atoms with E-state index in [1.807, 2.05) is 26.2 Å². The van der Waals surface area contributed by atoms with E-state index >= 15 is 8.78 Å². The molecule has 2 N–H and O–H groups in total. The maximum atomic E-state index is 16.6. The van der Waals surface area contributed by atoms with Crippen molar-refractivity contribution in [1.29, 1.82) is 0 Å². The number of piperazine rings is 1. The maximum Gasteiger partial charge on any atom is 0.319 e. The molecule has 1 aliphatic heterocycles. The Labute approximate surface area is 239 Å². The number of benzene rings is 3. The van der Waals surface area contributed by atoms with Crippen LogP contribution in [-0.4, -0.2) is 72.4 Å². The smallest absolute Gasteiger partial charge is 0.319 e. The Bertz CT molecular complexity index is 1610. The molecule has 1 saturated heterocycles. The Morgan fingerprint density at radius 2 is 1.88 bits per heavy atom. The molecule has 1 aromatic heterocycles. The van der Waals surface area contributed by atoms with Crippen molar-refractivity contribution in [2.75, 3.05) is 45.2 Å². The number of halogens is 2. The fraction of sp³-hybridized carbons (Fsp3) is 0.438. The standard InChI is InChI=1S/C32H37F2N5O2/c1-5-21-16-39(15-19(2)35-21)30-25-14-26(33)27(24-13-22(40)12-20-8-6-7-9-23(20)24)28(34)29(25)36-31(37-30)41-18-32(10-11-32)17-38(3)4/h6-9,12-14,19,21,35,40H,5,10-11,15-18H2,1-4H3/t19-,21-/m1/s1. The van der Waals surface area contributed by atoms with Gasteiger partial charge in [-0.1, -0.05) is 31.2 Å². The highest BCUT2D eigenvalue weighted by Crippen LogP contribution is 2.46. The third-order valence-electron chi connectivity index (χ3n) is 8.32. The normalized spacial score (nSPS) is 20.2. The SMILES string of the molecule is CC[C@@H]1CN(c2nc(OCC3(CN(C)C)CC3)nc3c(F)c(-c4cc(O)cc5ccccc45)c(F)cc23)C[C@@H](C)N1. The van der Waals surface area contributed by atoms with Gasteiger partial charge in [-0.2, -0.15) is 9.97 Å². The number of aromatic nitrogens is 2. The average Bonchev–Trinajstić information content (AvgIpc) is 3.70. The number of hydrogen-bond donors (Lipinski definition) is 2. The van der Waals surface area contributed by atoms with Crippen LogP contribution in [0.4, 0.5) is 14.6 Å². The number of ether oxygens (including phenoxy) is 1. The number of nitrogens with one attached hydrogen (secondary N) is 1. The van der Waals surface area contributed by atoms with Gasteiger partial charge >= 0.3 is 6.01 Å². The Morgan fingerprint density at radius 1 is 1.10 bits per heavy atom. The highest BCUT2D eigenvalue weighted by molar-refractivity contribution is 6.01. The van der Waals surface area contributed by atoms with Crippen molar-refractivity contribution in [2.45, 2.75) is 45.2 Å². The number of rotatable bonds is 8. The van der Waals surface area contributed by atoms with Crippen molar-refractivity contribution in [2.24, 2.45) is 5.41 Å². The van der Waals surface area contributed by atoms with Crippen molar-refractivity contribution >= 4 is 27.5 Å². The molecule has 0 amide bonds. The van der Waals surface area contributed by atoms with Crippen molar-refractivity contribution in [3.63, 3.8) is 0 Å². The van der Waals surface area contributed by atoms with E-state index in [9.17, 15) is 5.11 Å². The van der Waals surface area contributed by atoms with Crippen LogP contribution < -0.4 is 15.0 Å². The lowest BCUT2D eigenvalue weighted by atomic mass is 9.95. The molecular formula is C32H37F2N5O2. The second-order valence-electron chi connectivity index (χ2n) is 12.1. The third kappa shape index (κ3) is 5.40. The van der Waals surface area contributed by atoms with Gasteiger partial charge in [0.05, 0.1) is 12.2 Å². The quantitative estimate of drug-likeness (QED) is 0.285. The second-order valence-corrected chi connectivity index (χ2v) is 12.1. The van der Waals surface area contributed by atoms with Crippen molar-refractivity contribution < 1.29 is 18.6 Å². The fourth-order valence-corrected chi connectivity index (χ4v) is 6.23. The van der Waals surface area contributed by atoms with E-state index in [-0.39, 0.29) is 45.9 Å². The molecule has 1 aliphatic carbocycles. The predicted molar refractivity (Wildman–Crippen MR) is 159 cm³/mol. The van der Waals surface area contributed by atoms with E-state index in [0.717, 1.165) is 25.8 Å². The number of nitrogens with zero attached hydrogens (tertiary/aromatic N) is 4. The molecule has 2 atom stereocenters. The maximum absolute atomic E-state index is 16.6. The zero-order valence-electron chi connectivity index (χ0n) is 24.0. The first kappa shape index (κ1) is 27.6. The van der Waals surface area contributed by atoms with Gasteiger partial charge in [0.15, 0.2) is 5.82 Å². The molecule has 0 bridgehead atoms. The van der Waals surface area contributed by atoms with Crippen LogP contribution >= 0.6 is 0 Å². The molecule has 2 heterocycles. The summed E-state index contributed by atoms with van der Waals surface area (Å²) in [5.74, 6) is -1.13. The molecule has 0 spiro atoms. The molecular weight excluding hydrogens is 524 g/mol. The van der Waals surface area contributed by atoms with E-state index in [1.54, 1.807) is 18.2 Å². The number of phenolic OH excluding ortho intramolecular Hbond substituents is 1. The summed E-state index contributed by atoms with van der Waals surface area (Å²) in [6.45, 7) is 6.81. The fourth-order valence-electron chi connectivity index (χ4n) is 6.23. The molecule has 2 aliphatic rings. The summed E-state index contributed by atoms with van der Waals surface area (Å²) in [4.78, 5) is 13.5. The van der Waals surface area contributed by atoms with Crippen molar-refractivity contribution in [3.8, 4) is 22.9 Å². The molecule has 9 heteroatoms. The summed E-state index contributed by atoms with van der Waals surface area (Å²) in [6, 6.07) is 12.0. The van der Waals surface area contributed by atoms with Gasteiger partial charge in [0.2, 0.25) is 0 Å². The van der Waals surface area contributed by atoms with Crippen LogP contribution in [0.3, 0.4) is 0 Å². The Morgan fingerprint density at radius 3 is 2.61 bits per heavy atom. The largest absolute Gasteiger partial charge is 0.508 e. The van der Waals surface area contributed by atoms with E-state index in [0.29, 0.717) is 41.7 Å². The minimum absolute atomic E-state index is 0.00511. The summed E-state index contributed by atoms with van der Waals surface area (Å²) in [5.41, 5.74) is 0.0771. The van der Waals surface area contributed by atoms with Crippen molar-refractivity contribution in [1.82, 2.24) is 20.2 Å². The van der Waals surface area contributed by atoms with Crippen LogP contribution in [0.15, 0.2) is 42.5 Å². The molecule has 41 heavy (non-hydrogen) atoms. The molecule has 6 rings (SSSR count). The molecule has 7 nitrogen and oxygen atoms in total. The van der Waals surface area contributed by atoms with Gasteiger partial charge in [0.1, 0.15) is 22.9 Å². The summed E-state index contributed by atoms with van der Waals surface area (Å²) in [5, 5.41) is 15.6. The Kier molecular flexibility index (Phi) is 7.20. The van der Waals surface area contributed by atoms with E-state index in [2.05, 4.69) is 33.9 Å². The molecule has 4 aromatic rings. The predicted octanol–water partition coefficient (Wildman–Crippen LogP) is 5.73. The van der Waals surface area contributed by atoms with Crippen LogP contribution in [0.5, 0.6) is 11.8 Å². The Balaban J connectivity index is 1.51. The molecule has 0 unspecified atom stereocenters. The van der Waals surface area contributed by atoms with Gasteiger partial charge in [0.25, 0.3) is 0 Å². The molecule has 0 radical (unpaired) electrons. The van der Waals surface area contributed by atoms with Gasteiger partial charge in [-0.05, 0) is 74.8 Å². The van der Waals surface area contributed by atoms with Crippen LogP contribution in [0.2, 0.25) is 0 Å². The summed E-state index contributed by atoms with van der Waals surface area (Å²) in [6.07, 6.45) is 3.01. The molecule has 216 valence electrons. The first-order chi connectivity index (χ1) is 19.7. The third-order valence-corrected chi connectivity index (χ3v) is 8.32. The van der Waals surface area contributed by atoms with E-state index in [1.165, 1.54) is 12.1 Å². The highest BCUT2D eigenvalue weighted by atomic mass is 19.1. The van der Waals surface area contributed by atoms with Gasteiger partial charge in [-0.15, -0.1) is 0 Å². The average molecular weight is 562 g/mol. The minimum Gasteiger partial charge on any atom is -0.508 e. The number of hydrogen-bond acceptors (Lipinski definition) is 7. The second kappa shape index (κ2) is 10.7. The Hall–Kier alpha value is -3.56. The summed E-state index contributed by atoms with van der Waals surface area (Å²) >= 11 is 0. The first-order valence-electron chi connectivity index (χ1n) is 14.4. The van der Waals surface area contributed by atoms with Crippen LogP contribution in [0.1, 0.15) is 33.1 Å². The van der Waals surface area contributed by atoms with Gasteiger partial charge in [0, 0.05) is 42.5 Å². The van der Waals surface area contributed by atoms with E-state index < -0.39 is 11.6 Å². The number of anilines is 1. The monoisotopic (exact) mass is 561 g/mol. The van der Waals surface area contributed by atoms with Crippen molar-refractivity contribution in [3.05, 3.63) is 54.1 Å². The highest BCUT2D eigenvalue weighted by Gasteiger charge is 2.44. The van der Waals surface area contributed by atoms with Crippen LogP contribution in [0.25, 0.3) is 32.8 Å². The molecule has 1 saturated carbocycles. The topological polar surface area (TPSA) is 73.8 Å². The zero-order valence-corrected chi connectivity index (χ0v) is 24.0. The van der Waals surface area contributed by atoms with E-state index in [4.69, 9.17) is 9.72 Å². The summed E-state index contributed by atoms with van der Waals surface area (Å²) in [7, 11) is 4.08. The van der Waals surface area contributed by atoms with Crippen LogP contribution in [-0.2, 0) is 0 Å². The lowest BCUT2D eigenvalue weighted by Gasteiger charge is -2.38. The lowest BCUT2D eigenvalue weighted by Crippen LogP contribution is -2.55. The zero-order chi connectivity index (χ0) is 28.9. The summed E-state index contributed by atoms with van der Waals surface area (Å²) < 4.78 is 38.7. The lowest BCUT2D eigenvalue weighted by molar-refractivity contribution is 0.183. The first-order valence-corrected chi connectivity index (χ1v) is 14.4. The number of aromatic hydroxyl groups is 1. The van der Waals surface area contributed by atoms with Gasteiger partial charge < -0.3 is 25.0 Å². The minimum atomic E-state index is -0.797. The molecule has 2 fully saturated rings. The number of phenols is 1. The van der Waals surface area contributed by atoms with Gasteiger partial charge in [-0.25, -0.2) is 8.78 Å². The van der Waals surface area contributed by atoms with Crippen LogP contribution in [0, 0.1) is 17.0 Å². The molecule has 3 aromatic carbocycles. The van der Waals surface area contributed by atoms with Gasteiger partial charge in [-0.3, -0.25) is 0 Å².